The van der Waals surface area contributed by atoms with Crippen molar-refractivity contribution in [3.05, 3.63) is 342 Å². The zero-order valence-electron chi connectivity index (χ0n) is 93.8. The first-order valence-corrected chi connectivity index (χ1v) is 56.6. The van der Waals surface area contributed by atoms with Crippen molar-refractivity contribution in [3.63, 3.8) is 0 Å². The summed E-state index contributed by atoms with van der Waals surface area (Å²) in [6.45, 7) is 77.8. The molecule has 0 heterocycles. The fourth-order valence-corrected chi connectivity index (χ4v) is 21.6. The fourth-order valence-electron chi connectivity index (χ4n) is 21.6. The fraction of sp³-hybridized carbons (Fsp3) is 0.474. The molecule has 4 heteroatoms. The molecule has 4 nitrogen and oxygen atoms in total. The Morgan fingerprint density at radius 2 is 0.262 bits per heavy atom. The summed E-state index contributed by atoms with van der Waals surface area (Å²) in [5.74, 6) is 4.83. The van der Waals surface area contributed by atoms with Crippen LogP contribution in [-0.4, -0.2) is 0 Å². The minimum absolute atomic E-state index is 0.302. The highest BCUT2D eigenvalue weighted by Gasteiger charge is 2.48. The molecule has 0 spiro atoms. The Balaban J connectivity index is 1.39. The van der Waals surface area contributed by atoms with E-state index >= 15 is 0 Å². The average Bonchev–Trinajstić information content (AvgIpc) is 1.54. The summed E-state index contributed by atoms with van der Waals surface area (Å²) in [4.78, 5) is 11.2. The van der Waals surface area contributed by atoms with Gasteiger partial charge in [0.15, 0.2) is 0 Å². The largest absolute Gasteiger partial charge is 0.310 e. The van der Waals surface area contributed by atoms with Crippen molar-refractivity contribution in [1.29, 1.82) is 0 Å². The summed E-state index contributed by atoms with van der Waals surface area (Å²) in [7, 11) is 0. The van der Waals surface area contributed by atoms with Crippen molar-refractivity contribution in [2.75, 3.05) is 19.6 Å². The highest BCUT2D eigenvalue weighted by Crippen LogP contribution is 2.61. The molecule has 13 rings (SSSR count). The van der Waals surface area contributed by atoms with Gasteiger partial charge in [0.25, 0.3) is 0 Å². The topological polar surface area (TPSA) is 13.0 Å². The van der Waals surface area contributed by atoms with E-state index < -0.39 is 5.41 Å². The Morgan fingerprint density at radius 3 is 0.383 bits per heavy atom. The van der Waals surface area contributed by atoms with E-state index in [0.717, 1.165) is 125 Å². The van der Waals surface area contributed by atoms with E-state index in [4.69, 9.17) is 0 Å². The summed E-state index contributed by atoms with van der Waals surface area (Å²) in [5, 5.41) is 0. The molecule has 1 aliphatic carbocycles. The molecule has 0 radical (unpaired) electrons. The molecule has 16 unspecified atom stereocenters. The van der Waals surface area contributed by atoms with E-state index in [2.05, 4.69) is 472 Å². The van der Waals surface area contributed by atoms with E-state index in [9.17, 15) is 0 Å². The highest BCUT2D eigenvalue weighted by atomic mass is 15.2. The Morgan fingerprint density at radius 1 is 0.149 bits per heavy atom. The summed E-state index contributed by atoms with van der Waals surface area (Å²) in [6.07, 6.45) is 16.4. The van der Waals surface area contributed by atoms with E-state index in [0.29, 0.717) is 94.7 Å². The second-order valence-corrected chi connectivity index (χ2v) is 44.5. The van der Waals surface area contributed by atoms with E-state index in [-0.39, 0.29) is 0 Å². The van der Waals surface area contributed by atoms with Crippen LogP contribution in [0, 0.1) is 0 Å². The normalized spacial score (nSPS) is 15.9. The van der Waals surface area contributed by atoms with Gasteiger partial charge in [-0.05, 0) is 453 Å². The Labute approximate surface area is 859 Å². The molecular weight excluding hydrogens is 1700 g/mol. The number of hydrogen-bond donors (Lipinski definition) is 0. The molecule has 0 N–H and O–H groups in total. The molecule has 0 saturated heterocycles. The zero-order chi connectivity index (χ0) is 102. The van der Waals surface area contributed by atoms with Gasteiger partial charge in [-0.2, -0.15) is 0 Å². The maximum absolute atomic E-state index is 2.80. The van der Waals surface area contributed by atoms with E-state index in [1.54, 1.807) is 0 Å². The molecule has 750 valence electrons. The number of anilines is 12. The minimum atomic E-state index is -1.08. The molecule has 1 aliphatic rings. The van der Waals surface area contributed by atoms with Gasteiger partial charge in [-0.25, -0.2) is 0 Å². The first-order valence-electron chi connectivity index (χ1n) is 56.6. The van der Waals surface area contributed by atoms with Crippen molar-refractivity contribution >= 4 is 68.2 Å². The van der Waals surface area contributed by atoms with Crippen LogP contribution in [0.1, 0.15) is 530 Å². The lowest BCUT2D eigenvalue weighted by Gasteiger charge is -2.39. The van der Waals surface area contributed by atoms with Gasteiger partial charge in [0, 0.05) is 68.2 Å². The van der Waals surface area contributed by atoms with Gasteiger partial charge in [-0.1, -0.05) is 319 Å². The molecule has 0 aliphatic heterocycles. The van der Waals surface area contributed by atoms with Crippen LogP contribution < -0.4 is 19.6 Å². The minimum Gasteiger partial charge on any atom is -0.310 e. The average molecular weight is 1880 g/mol. The van der Waals surface area contributed by atoms with Crippen molar-refractivity contribution in [3.8, 4) is 11.1 Å². The third kappa shape index (κ3) is 23.0. The summed E-state index contributed by atoms with van der Waals surface area (Å²) in [5.41, 5.74) is 42.6. The predicted molar refractivity (Wildman–Crippen MR) is 622 cm³/mol. The molecule has 0 bridgehead atoms. The van der Waals surface area contributed by atoms with Crippen molar-refractivity contribution < 1.29 is 0 Å². The second kappa shape index (κ2) is 48.0. The maximum Gasteiger partial charge on any atom is 0.0716 e. The molecule has 0 amide bonds. The Kier molecular flexibility index (Phi) is 36.8. The summed E-state index contributed by atoms with van der Waals surface area (Å²) in [6, 6.07) is 98.5. The lowest BCUT2D eigenvalue weighted by atomic mass is 9.67. The number of fused-ring (bicyclic) bond motifs is 3. The zero-order valence-corrected chi connectivity index (χ0v) is 93.8. The SMILES string of the molecule is CCC(C)c1cc(C(C)CC)cc(N(c2cc(C(C)CC)cc(C(C)CC)c2)c2cc(N(c3cc(C(C)CC)cc(C(C)CC)c3)c3cc(C(C)CC)cc(C(C)CC)c3)cc(C3(c4cc(N(c5cc(C(C)CC)cc(C(C)CC)c5)c5cc(C(C)CC)cc(C(C)CC)c5)cc(N(c5cc(C(C)CC)cc(C(C)CC)c5)c5cc(C(C)CC)cc(C(C)CC)c5)c4)c4ccccc4-c4ccccc43)c2)c1. The van der Waals surface area contributed by atoms with Crippen molar-refractivity contribution in [2.24, 2.45) is 0 Å². The number of benzene rings is 12. The first-order chi connectivity index (χ1) is 67.7. The number of nitrogens with zero attached hydrogens (tertiary/aromatic N) is 4. The molecule has 12 aromatic rings. The lowest BCUT2D eigenvalue weighted by molar-refractivity contribution is 0.709. The van der Waals surface area contributed by atoms with Crippen molar-refractivity contribution in [2.45, 2.75) is 424 Å². The van der Waals surface area contributed by atoms with Crippen LogP contribution in [0.2, 0.25) is 0 Å². The van der Waals surface area contributed by atoms with Crippen molar-refractivity contribution in [1.82, 2.24) is 0 Å². The molecule has 0 aromatic heterocycles. The molecular formula is C137H182N4. The van der Waals surface area contributed by atoms with Gasteiger partial charge >= 0.3 is 0 Å². The Bertz CT molecular complexity index is 5000. The monoisotopic (exact) mass is 1880 g/mol. The van der Waals surface area contributed by atoms with Crippen LogP contribution in [0.3, 0.4) is 0 Å². The highest BCUT2D eigenvalue weighted by molar-refractivity contribution is 5.94. The smallest absolute Gasteiger partial charge is 0.0716 e. The van der Waals surface area contributed by atoms with E-state index in [1.165, 1.54) is 168 Å². The molecule has 141 heavy (non-hydrogen) atoms. The third-order valence-electron chi connectivity index (χ3n) is 35.3. The summed E-state index contributed by atoms with van der Waals surface area (Å²) >= 11 is 0. The maximum atomic E-state index is 2.80. The van der Waals surface area contributed by atoms with Gasteiger partial charge in [-0.3, -0.25) is 0 Å². The van der Waals surface area contributed by atoms with Gasteiger partial charge in [0.05, 0.1) is 5.41 Å². The Hall–Kier alpha value is -10.2. The first kappa shape index (κ1) is 108. The van der Waals surface area contributed by atoms with Crippen LogP contribution in [-0.2, 0) is 5.41 Å². The number of hydrogen-bond acceptors (Lipinski definition) is 4. The van der Waals surface area contributed by atoms with Crippen LogP contribution >= 0.6 is 0 Å². The van der Waals surface area contributed by atoms with Crippen LogP contribution in [0.25, 0.3) is 11.1 Å². The van der Waals surface area contributed by atoms with Crippen LogP contribution in [0.4, 0.5) is 68.2 Å². The molecule has 16 atom stereocenters. The standard InChI is InChI=1S/C137H182N4/c1-33-87(17)103-57-104(88(18)34-2)66-121(65-103)138(122-67-105(89(19)35-3)58-106(68-122)90(20)36-4)129-81-119(82-130(85-129)139(123-69-107(91(21)37-5)59-108(70-123)92(22)38-6)124-71-109(93(23)39-7)60-110(72-124)94(24)40-8)137(135-55-51-49-53-133(135)134-54-50-52-56-136(134)137)120-83-131(140(125-73-111(95(25)41-9)61-112(74-125)96(26)42-10)126-75-113(97(27)43-11)62-114(76-126)98(28)44-12)86-132(84-120)141(127-77-115(99(29)45-13)63-116(78-127)100(30)46-14)128-79-117(101(31)47-15)64-118(80-128)102(32)48-16/h49-102H,33-48H2,1-32H3. The molecule has 0 fully saturated rings. The third-order valence-corrected chi connectivity index (χ3v) is 35.3. The van der Waals surface area contributed by atoms with Gasteiger partial charge < -0.3 is 19.6 Å². The van der Waals surface area contributed by atoms with E-state index in [1.807, 2.05) is 0 Å². The predicted octanol–water partition coefficient (Wildman–Crippen LogP) is 44.1. The summed E-state index contributed by atoms with van der Waals surface area (Å²) < 4.78 is 0. The van der Waals surface area contributed by atoms with Gasteiger partial charge in [0.2, 0.25) is 0 Å². The van der Waals surface area contributed by atoms with Crippen LogP contribution in [0.15, 0.2) is 231 Å². The number of rotatable bonds is 46. The quantitative estimate of drug-likeness (QED) is 0.0377. The van der Waals surface area contributed by atoms with Gasteiger partial charge in [0.1, 0.15) is 0 Å². The molecule has 12 aromatic carbocycles. The lowest BCUT2D eigenvalue weighted by Crippen LogP contribution is -2.30. The van der Waals surface area contributed by atoms with Crippen LogP contribution in [0.5, 0.6) is 0 Å². The van der Waals surface area contributed by atoms with Gasteiger partial charge in [-0.15, -0.1) is 0 Å². The second-order valence-electron chi connectivity index (χ2n) is 44.5. The molecule has 0 saturated carbocycles.